The van der Waals surface area contributed by atoms with Crippen LogP contribution in [0.25, 0.3) is 11.0 Å². The molecule has 1 aliphatic rings. The Bertz CT molecular complexity index is 922. The molecule has 0 amide bonds. The number of piperidine rings is 1. The van der Waals surface area contributed by atoms with Crippen molar-refractivity contribution in [3.8, 4) is 0 Å². The van der Waals surface area contributed by atoms with E-state index in [1.54, 1.807) is 20.2 Å². The van der Waals surface area contributed by atoms with Crippen LogP contribution < -0.4 is 5.69 Å². The van der Waals surface area contributed by atoms with Gasteiger partial charge in [-0.3, -0.25) is 9.13 Å². The molecule has 0 radical (unpaired) electrons. The molecule has 1 aromatic heterocycles. The predicted molar refractivity (Wildman–Crippen MR) is 90.3 cm³/mol. The molecule has 0 bridgehead atoms. The van der Waals surface area contributed by atoms with Gasteiger partial charge < -0.3 is 0 Å². The number of hydrogen-bond donors (Lipinski definition) is 0. The fraction of sp³-hybridized carbons (Fsp3) is 0.533. The summed E-state index contributed by atoms with van der Waals surface area (Å²) in [6, 6.07) is 3.06. The summed E-state index contributed by atoms with van der Waals surface area (Å²) < 4.78 is 30.2. The third-order valence-corrected chi connectivity index (χ3v) is 7.05. The van der Waals surface area contributed by atoms with E-state index in [9.17, 15) is 13.2 Å². The summed E-state index contributed by atoms with van der Waals surface area (Å²) in [6.07, 6.45) is 1.70. The molecule has 23 heavy (non-hydrogen) atoms. The van der Waals surface area contributed by atoms with Gasteiger partial charge in [0.15, 0.2) is 0 Å². The molecule has 2 heterocycles. The lowest BCUT2D eigenvalue weighted by atomic mass is 10.0. The molecular weight excluding hydrogens is 338 g/mol. The van der Waals surface area contributed by atoms with Crippen LogP contribution >= 0.6 is 11.6 Å². The summed E-state index contributed by atoms with van der Waals surface area (Å²) in [5, 5.41) is 0.150. The second-order valence-corrected chi connectivity index (χ2v) is 8.57. The number of sulfonamides is 1. The molecule has 126 valence electrons. The fourth-order valence-electron chi connectivity index (χ4n) is 3.06. The normalized spacial score (nSPS) is 17.9. The molecule has 0 aliphatic carbocycles. The van der Waals surface area contributed by atoms with Gasteiger partial charge in [-0.25, -0.2) is 13.2 Å². The van der Waals surface area contributed by atoms with E-state index >= 15 is 0 Å². The molecular formula is C15H20ClN3O3S. The van der Waals surface area contributed by atoms with Crippen LogP contribution in [0.15, 0.2) is 21.8 Å². The largest absolute Gasteiger partial charge is 0.328 e. The first-order valence-electron chi connectivity index (χ1n) is 7.58. The van der Waals surface area contributed by atoms with Crippen LogP contribution in [0.4, 0.5) is 0 Å². The lowest BCUT2D eigenvalue weighted by Crippen LogP contribution is -2.38. The van der Waals surface area contributed by atoms with Gasteiger partial charge >= 0.3 is 5.69 Å². The van der Waals surface area contributed by atoms with Gasteiger partial charge in [0.05, 0.1) is 16.1 Å². The highest BCUT2D eigenvalue weighted by Crippen LogP contribution is 2.31. The average Bonchev–Trinajstić information content (AvgIpc) is 2.71. The number of nitrogens with zero attached hydrogens (tertiary/aromatic N) is 3. The van der Waals surface area contributed by atoms with Crippen molar-refractivity contribution in [1.29, 1.82) is 0 Å². The molecule has 0 N–H and O–H groups in total. The van der Waals surface area contributed by atoms with E-state index in [0.717, 1.165) is 12.8 Å². The summed E-state index contributed by atoms with van der Waals surface area (Å²) in [7, 11) is -0.389. The maximum atomic E-state index is 12.9. The Kier molecular flexibility index (Phi) is 4.06. The summed E-state index contributed by atoms with van der Waals surface area (Å²) in [5.41, 5.74) is 0.969. The second-order valence-electron chi connectivity index (χ2n) is 6.26. The monoisotopic (exact) mass is 357 g/mol. The molecule has 0 atom stereocenters. The highest BCUT2D eigenvalue weighted by Gasteiger charge is 2.30. The number of imidazole rings is 1. The number of aromatic nitrogens is 2. The van der Waals surface area contributed by atoms with Crippen LogP contribution in [-0.2, 0) is 24.1 Å². The maximum absolute atomic E-state index is 12.9. The molecule has 6 nitrogen and oxygen atoms in total. The lowest BCUT2D eigenvalue weighted by Gasteiger charge is -2.29. The van der Waals surface area contributed by atoms with Gasteiger partial charge in [-0.1, -0.05) is 18.5 Å². The fourth-order valence-corrected chi connectivity index (χ4v) is 5.05. The van der Waals surface area contributed by atoms with E-state index in [2.05, 4.69) is 6.92 Å². The summed E-state index contributed by atoms with van der Waals surface area (Å²) in [6.45, 7) is 3.14. The van der Waals surface area contributed by atoms with Gasteiger partial charge in [0, 0.05) is 27.2 Å². The van der Waals surface area contributed by atoms with Crippen molar-refractivity contribution in [3.63, 3.8) is 0 Å². The molecule has 1 fully saturated rings. The molecule has 2 aromatic rings. The summed E-state index contributed by atoms with van der Waals surface area (Å²) in [4.78, 5) is 12.1. The first-order chi connectivity index (χ1) is 10.7. The highest BCUT2D eigenvalue weighted by molar-refractivity contribution is 7.89. The van der Waals surface area contributed by atoms with Crippen molar-refractivity contribution in [2.24, 2.45) is 20.0 Å². The van der Waals surface area contributed by atoms with E-state index in [0.29, 0.717) is 30.0 Å². The quantitative estimate of drug-likeness (QED) is 0.825. The van der Waals surface area contributed by atoms with Crippen LogP contribution in [0, 0.1) is 5.92 Å². The Morgan fingerprint density at radius 3 is 2.17 bits per heavy atom. The molecule has 0 spiro atoms. The topological polar surface area (TPSA) is 64.3 Å². The van der Waals surface area contributed by atoms with Crippen molar-refractivity contribution in [3.05, 3.63) is 27.6 Å². The Morgan fingerprint density at radius 1 is 1.09 bits per heavy atom. The van der Waals surface area contributed by atoms with Gasteiger partial charge in [-0.15, -0.1) is 0 Å². The van der Waals surface area contributed by atoms with Crippen molar-refractivity contribution in [2.45, 2.75) is 24.7 Å². The van der Waals surface area contributed by atoms with Gasteiger partial charge in [-0.05, 0) is 30.9 Å². The Hall–Kier alpha value is -1.31. The molecule has 0 saturated carbocycles. The van der Waals surface area contributed by atoms with Crippen LogP contribution in [-0.4, -0.2) is 34.9 Å². The van der Waals surface area contributed by atoms with E-state index in [1.165, 1.54) is 19.5 Å². The van der Waals surface area contributed by atoms with Crippen molar-refractivity contribution in [1.82, 2.24) is 13.4 Å². The zero-order chi connectivity index (χ0) is 16.9. The van der Waals surface area contributed by atoms with E-state index in [-0.39, 0.29) is 15.6 Å². The maximum Gasteiger partial charge on any atom is 0.328 e. The zero-order valence-corrected chi connectivity index (χ0v) is 15.0. The second kappa shape index (κ2) is 5.65. The van der Waals surface area contributed by atoms with Gasteiger partial charge in [-0.2, -0.15) is 4.31 Å². The molecule has 1 aliphatic heterocycles. The number of halogens is 1. The van der Waals surface area contributed by atoms with Crippen LogP contribution in [0.3, 0.4) is 0 Å². The summed E-state index contributed by atoms with van der Waals surface area (Å²) >= 11 is 6.24. The minimum Gasteiger partial charge on any atom is -0.295 e. The first-order valence-corrected chi connectivity index (χ1v) is 9.40. The van der Waals surface area contributed by atoms with Crippen LogP contribution in [0.2, 0.25) is 5.02 Å². The van der Waals surface area contributed by atoms with Crippen molar-refractivity contribution < 1.29 is 8.42 Å². The zero-order valence-electron chi connectivity index (χ0n) is 13.4. The number of fused-ring (bicyclic) bond motifs is 1. The van der Waals surface area contributed by atoms with Crippen LogP contribution in [0.5, 0.6) is 0 Å². The smallest absolute Gasteiger partial charge is 0.295 e. The number of hydrogen-bond acceptors (Lipinski definition) is 3. The molecule has 3 rings (SSSR count). The Labute approximate surface area is 140 Å². The van der Waals surface area contributed by atoms with Crippen LogP contribution in [0.1, 0.15) is 19.8 Å². The van der Waals surface area contributed by atoms with Gasteiger partial charge in [0.1, 0.15) is 4.90 Å². The van der Waals surface area contributed by atoms with E-state index < -0.39 is 10.0 Å². The summed E-state index contributed by atoms with van der Waals surface area (Å²) in [5.74, 6) is 0.536. The number of rotatable bonds is 2. The SMILES string of the molecule is CC1CCN(S(=O)(=O)c2cc3c(cc2Cl)n(C)c(=O)n3C)CC1. The number of benzene rings is 1. The Morgan fingerprint density at radius 2 is 1.61 bits per heavy atom. The van der Waals surface area contributed by atoms with E-state index in [4.69, 9.17) is 11.6 Å². The van der Waals surface area contributed by atoms with Crippen molar-refractivity contribution >= 4 is 32.7 Å². The third-order valence-electron chi connectivity index (χ3n) is 4.69. The lowest BCUT2D eigenvalue weighted by molar-refractivity contribution is 0.288. The molecule has 0 unspecified atom stereocenters. The van der Waals surface area contributed by atoms with Gasteiger partial charge in [0.25, 0.3) is 0 Å². The Balaban J connectivity index is 2.14. The molecule has 1 aromatic carbocycles. The minimum absolute atomic E-state index is 0.0717. The first kappa shape index (κ1) is 16.5. The third kappa shape index (κ3) is 2.60. The average molecular weight is 358 g/mol. The van der Waals surface area contributed by atoms with Crippen molar-refractivity contribution in [2.75, 3.05) is 13.1 Å². The van der Waals surface area contributed by atoms with E-state index in [1.807, 2.05) is 0 Å². The number of aryl methyl sites for hydroxylation is 2. The standard InChI is InChI=1S/C15H20ClN3O3S/c1-10-4-6-19(7-5-10)23(21,22)14-9-13-12(8-11(14)16)17(2)15(20)18(13)3/h8-10H,4-7H2,1-3H3. The molecule has 8 heteroatoms. The molecule has 1 saturated heterocycles. The highest BCUT2D eigenvalue weighted by atomic mass is 35.5. The van der Waals surface area contributed by atoms with Gasteiger partial charge in [0.2, 0.25) is 10.0 Å². The minimum atomic E-state index is -3.65. The predicted octanol–water partition coefficient (Wildman–Crippen LogP) is 1.95.